The average Bonchev–Trinajstić information content (AvgIpc) is 2.80. The Morgan fingerprint density at radius 2 is 1.62 bits per heavy atom. The number of hydrogen-bond acceptors (Lipinski definition) is 4. The zero-order chi connectivity index (χ0) is 24.7. The molecule has 0 aliphatic carbocycles. The molecule has 0 spiro atoms. The summed E-state index contributed by atoms with van der Waals surface area (Å²) >= 11 is 20.1. The largest absolute Gasteiger partial charge is 0.351 e. The van der Waals surface area contributed by atoms with E-state index in [4.69, 9.17) is 34.8 Å². The van der Waals surface area contributed by atoms with Gasteiger partial charge in [0.25, 0.3) is 5.91 Å². The van der Waals surface area contributed by atoms with Crippen LogP contribution in [0, 0.1) is 0 Å². The van der Waals surface area contributed by atoms with E-state index in [1.165, 1.54) is 4.31 Å². The van der Waals surface area contributed by atoms with E-state index in [0.717, 1.165) is 28.3 Å². The van der Waals surface area contributed by atoms with Crippen LogP contribution in [0.15, 0.2) is 66.7 Å². The minimum atomic E-state index is -3.62. The van der Waals surface area contributed by atoms with Crippen LogP contribution in [0.1, 0.15) is 21.5 Å². The van der Waals surface area contributed by atoms with Crippen LogP contribution >= 0.6 is 46.6 Å². The first kappa shape index (κ1) is 26.7. The summed E-state index contributed by atoms with van der Waals surface area (Å²) in [5.41, 5.74) is 2.56. The molecule has 0 bridgehead atoms. The molecule has 180 valence electrons. The van der Waals surface area contributed by atoms with Gasteiger partial charge >= 0.3 is 0 Å². The molecule has 0 atom stereocenters. The van der Waals surface area contributed by atoms with Gasteiger partial charge in [0.15, 0.2) is 0 Å². The molecule has 1 N–H and O–H groups in total. The van der Waals surface area contributed by atoms with Gasteiger partial charge in [-0.1, -0.05) is 71.2 Å². The van der Waals surface area contributed by atoms with Crippen molar-refractivity contribution in [2.24, 2.45) is 0 Å². The summed E-state index contributed by atoms with van der Waals surface area (Å²) in [5.74, 6) is 1.33. The summed E-state index contributed by atoms with van der Waals surface area (Å²) in [6, 6.07) is 19.3. The first-order chi connectivity index (χ1) is 16.2. The van der Waals surface area contributed by atoms with Crippen LogP contribution < -0.4 is 9.62 Å². The molecule has 3 aromatic rings. The number of sulfonamides is 1. The molecule has 10 heteroatoms. The molecule has 0 unspecified atom stereocenters. The van der Waals surface area contributed by atoms with E-state index in [-0.39, 0.29) is 22.5 Å². The van der Waals surface area contributed by atoms with Crippen LogP contribution in [0.2, 0.25) is 15.1 Å². The van der Waals surface area contributed by atoms with Gasteiger partial charge in [-0.25, -0.2) is 8.42 Å². The lowest BCUT2D eigenvalue weighted by Gasteiger charge is -2.24. The number of halogens is 3. The smallest absolute Gasteiger partial charge is 0.251 e. The molecule has 1 amide bonds. The number of hydrogen-bond donors (Lipinski definition) is 1. The van der Waals surface area contributed by atoms with Gasteiger partial charge in [0, 0.05) is 28.6 Å². The second-order valence-electron chi connectivity index (χ2n) is 7.44. The van der Waals surface area contributed by atoms with Gasteiger partial charge in [-0.05, 0) is 41.5 Å². The van der Waals surface area contributed by atoms with Crippen molar-refractivity contribution in [2.75, 3.05) is 22.9 Å². The topological polar surface area (TPSA) is 66.5 Å². The summed E-state index contributed by atoms with van der Waals surface area (Å²) in [7, 11) is -3.62. The number of rotatable bonds is 10. The highest BCUT2D eigenvalue weighted by Crippen LogP contribution is 2.34. The number of carbonyl (C=O) groups is 1. The molecule has 0 fully saturated rings. The molecule has 0 saturated carbocycles. The SMILES string of the molecule is CS(=O)(=O)N(Cc1ccc(C(=O)NCCSCc2ccccc2Cl)cc1)c1cccc(Cl)c1Cl. The van der Waals surface area contributed by atoms with Crippen molar-refractivity contribution in [3.05, 3.63) is 98.5 Å². The molecule has 5 nitrogen and oxygen atoms in total. The predicted octanol–water partition coefficient (Wildman–Crippen LogP) is 6.28. The fourth-order valence-electron chi connectivity index (χ4n) is 3.13. The van der Waals surface area contributed by atoms with Crippen LogP contribution in [0.4, 0.5) is 5.69 Å². The summed E-state index contributed by atoms with van der Waals surface area (Å²) in [4.78, 5) is 12.4. The van der Waals surface area contributed by atoms with E-state index in [1.807, 2.05) is 24.3 Å². The first-order valence-corrected chi connectivity index (χ1v) is 14.4. The molecular formula is C24H23Cl3N2O3S2. The Kier molecular flexibility index (Phi) is 9.56. The van der Waals surface area contributed by atoms with Gasteiger partial charge in [0.2, 0.25) is 10.0 Å². The third kappa shape index (κ3) is 7.30. The molecule has 3 aromatic carbocycles. The lowest BCUT2D eigenvalue weighted by Crippen LogP contribution is -2.29. The minimum Gasteiger partial charge on any atom is -0.351 e. The lowest BCUT2D eigenvalue weighted by molar-refractivity contribution is 0.0956. The van der Waals surface area contributed by atoms with Gasteiger partial charge in [-0.3, -0.25) is 9.10 Å². The van der Waals surface area contributed by atoms with E-state index >= 15 is 0 Å². The Bertz CT molecular complexity index is 1250. The van der Waals surface area contributed by atoms with Crippen molar-refractivity contribution in [3.8, 4) is 0 Å². The quantitative estimate of drug-likeness (QED) is 0.298. The maximum Gasteiger partial charge on any atom is 0.251 e. The van der Waals surface area contributed by atoms with E-state index in [1.54, 1.807) is 54.2 Å². The second kappa shape index (κ2) is 12.2. The normalized spacial score (nSPS) is 11.3. The van der Waals surface area contributed by atoms with Crippen molar-refractivity contribution < 1.29 is 13.2 Å². The number of carbonyl (C=O) groups excluding carboxylic acids is 1. The Morgan fingerprint density at radius 3 is 2.29 bits per heavy atom. The Balaban J connectivity index is 1.56. The van der Waals surface area contributed by atoms with E-state index in [9.17, 15) is 13.2 Å². The van der Waals surface area contributed by atoms with Crippen molar-refractivity contribution in [1.29, 1.82) is 0 Å². The zero-order valence-corrected chi connectivity index (χ0v) is 22.2. The van der Waals surface area contributed by atoms with Crippen LogP contribution in [-0.2, 0) is 22.3 Å². The monoisotopic (exact) mass is 556 g/mol. The van der Waals surface area contributed by atoms with Gasteiger partial charge in [-0.2, -0.15) is 11.8 Å². The summed E-state index contributed by atoms with van der Waals surface area (Å²) in [5, 5.41) is 4.07. The highest BCUT2D eigenvalue weighted by atomic mass is 35.5. The number of benzene rings is 3. The standard InChI is InChI=1S/C24H23Cl3N2O3S2/c1-34(31,32)29(22-8-4-7-21(26)23(22)27)15-17-9-11-18(12-10-17)24(30)28-13-14-33-16-19-5-2-3-6-20(19)25/h2-12H,13-16H2,1H3,(H,28,30). The van der Waals surface area contributed by atoms with E-state index in [0.29, 0.717) is 23.4 Å². The van der Waals surface area contributed by atoms with E-state index < -0.39 is 10.0 Å². The number of thioether (sulfide) groups is 1. The number of anilines is 1. The van der Waals surface area contributed by atoms with Gasteiger partial charge in [-0.15, -0.1) is 0 Å². The molecule has 3 rings (SSSR count). The molecule has 0 aliphatic rings. The zero-order valence-electron chi connectivity index (χ0n) is 18.3. The van der Waals surface area contributed by atoms with Crippen molar-refractivity contribution in [1.82, 2.24) is 5.32 Å². The van der Waals surface area contributed by atoms with Gasteiger partial charge in [0.05, 0.1) is 28.5 Å². The third-order valence-corrected chi connectivity index (χ3v) is 8.20. The Hall–Kier alpha value is -1.90. The lowest BCUT2D eigenvalue weighted by atomic mass is 10.1. The molecule has 0 aliphatic heterocycles. The molecule has 0 radical (unpaired) electrons. The molecule has 34 heavy (non-hydrogen) atoms. The fraction of sp³-hybridized carbons (Fsp3) is 0.208. The number of nitrogens with zero attached hydrogens (tertiary/aromatic N) is 1. The maximum atomic E-state index is 12.4. The molecule has 0 aromatic heterocycles. The predicted molar refractivity (Wildman–Crippen MR) is 144 cm³/mol. The van der Waals surface area contributed by atoms with Crippen LogP contribution in [0.3, 0.4) is 0 Å². The molecule has 0 heterocycles. The van der Waals surface area contributed by atoms with Crippen LogP contribution in [-0.4, -0.2) is 32.9 Å². The van der Waals surface area contributed by atoms with Crippen LogP contribution in [0.25, 0.3) is 0 Å². The number of nitrogens with one attached hydrogen (secondary N) is 1. The summed E-state index contributed by atoms with van der Waals surface area (Å²) < 4.78 is 26.0. The second-order valence-corrected chi connectivity index (χ2v) is 11.6. The minimum absolute atomic E-state index is 0.0550. The highest BCUT2D eigenvalue weighted by Gasteiger charge is 2.21. The maximum absolute atomic E-state index is 12.4. The third-order valence-electron chi connectivity index (χ3n) is 4.89. The molecule has 0 saturated heterocycles. The highest BCUT2D eigenvalue weighted by molar-refractivity contribution is 7.98. The first-order valence-electron chi connectivity index (χ1n) is 10.3. The fourth-order valence-corrected chi connectivity index (χ4v) is 5.61. The van der Waals surface area contributed by atoms with Crippen molar-refractivity contribution >= 4 is 68.2 Å². The van der Waals surface area contributed by atoms with Crippen molar-refractivity contribution in [2.45, 2.75) is 12.3 Å². The molecular weight excluding hydrogens is 535 g/mol. The van der Waals surface area contributed by atoms with E-state index in [2.05, 4.69) is 5.32 Å². The van der Waals surface area contributed by atoms with Gasteiger partial charge in [0.1, 0.15) is 0 Å². The van der Waals surface area contributed by atoms with Gasteiger partial charge < -0.3 is 5.32 Å². The number of amides is 1. The Labute approximate surface area is 219 Å². The summed E-state index contributed by atoms with van der Waals surface area (Å²) in [6.07, 6.45) is 1.11. The van der Waals surface area contributed by atoms with Crippen molar-refractivity contribution in [3.63, 3.8) is 0 Å². The Morgan fingerprint density at radius 1 is 0.941 bits per heavy atom. The average molecular weight is 558 g/mol. The summed E-state index contributed by atoms with van der Waals surface area (Å²) in [6.45, 7) is 0.574. The van der Waals surface area contributed by atoms with Crippen LogP contribution in [0.5, 0.6) is 0 Å².